The molecule has 8 heteroatoms. The lowest BCUT2D eigenvalue weighted by Crippen LogP contribution is -2.46. The van der Waals surface area contributed by atoms with E-state index in [2.05, 4.69) is 10.5 Å². The van der Waals surface area contributed by atoms with Gasteiger partial charge in [0.05, 0.1) is 31.0 Å². The molecule has 2 amide bonds. The van der Waals surface area contributed by atoms with E-state index < -0.39 is 6.04 Å². The minimum atomic E-state index is -0.493. The van der Waals surface area contributed by atoms with Gasteiger partial charge in [0.25, 0.3) is 5.89 Å². The second kappa shape index (κ2) is 10.2. The van der Waals surface area contributed by atoms with E-state index in [1.165, 1.54) is 0 Å². The molecule has 0 aliphatic carbocycles. The Bertz CT molecular complexity index is 1440. The predicted octanol–water partition coefficient (Wildman–Crippen LogP) is 6.15. The van der Waals surface area contributed by atoms with Crippen LogP contribution in [-0.2, 0) is 0 Å². The Morgan fingerprint density at radius 1 is 1.00 bits per heavy atom. The van der Waals surface area contributed by atoms with Crippen molar-refractivity contribution in [2.24, 2.45) is 0 Å². The molecular formula is C29H28N4O4. The lowest BCUT2D eigenvalue weighted by Gasteiger charge is -2.35. The minimum Gasteiger partial charge on any atom is -0.497 e. The topological polar surface area (TPSA) is 89.7 Å². The van der Waals surface area contributed by atoms with Crippen LogP contribution in [0.25, 0.3) is 17.0 Å². The van der Waals surface area contributed by atoms with Gasteiger partial charge in [0.2, 0.25) is 5.82 Å². The molecule has 0 radical (unpaired) electrons. The number of benzene rings is 3. The number of carbonyl (C=O) groups is 1. The van der Waals surface area contributed by atoms with Crippen LogP contribution in [0.2, 0.25) is 0 Å². The van der Waals surface area contributed by atoms with Crippen molar-refractivity contribution in [3.8, 4) is 22.9 Å². The monoisotopic (exact) mass is 496 g/mol. The summed E-state index contributed by atoms with van der Waals surface area (Å²) in [5.41, 5.74) is 4.90. The fourth-order valence-electron chi connectivity index (χ4n) is 4.46. The van der Waals surface area contributed by atoms with Crippen molar-refractivity contribution in [2.45, 2.75) is 26.8 Å². The van der Waals surface area contributed by atoms with E-state index in [0.29, 0.717) is 24.0 Å². The first-order valence-corrected chi connectivity index (χ1v) is 12.1. The van der Waals surface area contributed by atoms with Crippen molar-refractivity contribution < 1.29 is 18.8 Å². The van der Waals surface area contributed by atoms with E-state index >= 15 is 0 Å². The third kappa shape index (κ3) is 4.78. The van der Waals surface area contributed by atoms with Gasteiger partial charge in [-0.05, 0) is 80.4 Å². The molecule has 8 nitrogen and oxygen atoms in total. The number of ether oxygens (including phenoxy) is 2. The number of methoxy groups -OCH3 is 1. The first-order chi connectivity index (χ1) is 18.0. The maximum Gasteiger partial charge on any atom is 0.326 e. The maximum atomic E-state index is 13.4. The molecule has 0 fully saturated rings. The van der Waals surface area contributed by atoms with E-state index in [0.717, 1.165) is 39.4 Å². The van der Waals surface area contributed by atoms with Gasteiger partial charge in [0.15, 0.2) is 0 Å². The SMILES string of the molecule is CCOc1ccc(-c2noc(C3=C(C)N(c4cccc(C)c4)C(=O)NC3c3ccc(OC)cc3)n2)cc1. The highest BCUT2D eigenvalue weighted by Gasteiger charge is 2.36. The zero-order valence-electron chi connectivity index (χ0n) is 21.2. The Morgan fingerprint density at radius 2 is 1.73 bits per heavy atom. The van der Waals surface area contributed by atoms with Crippen LogP contribution in [-0.4, -0.2) is 29.9 Å². The second-order valence-corrected chi connectivity index (χ2v) is 8.71. The van der Waals surface area contributed by atoms with E-state index in [-0.39, 0.29) is 6.03 Å². The van der Waals surface area contributed by atoms with E-state index in [4.69, 9.17) is 19.0 Å². The van der Waals surface area contributed by atoms with Crippen LogP contribution in [0.1, 0.15) is 36.9 Å². The van der Waals surface area contributed by atoms with Crippen LogP contribution in [0.15, 0.2) is 83.0 Å². The number of aromatic nitrogens is 2. The average molecular weight is 497 g/mol. The molecular weight excluding hydrogens is 468 g/mol. The highest BCUT2D eigenvalue weighted by molar-refractivity contribution is 6.01. The molecule has 1 atom stereocenters. The van der Waals surface area contributed by atoms with Gasteiger partial charge in [-0.2, -0.15) is 4.98 Å². The van der Waals surface area contributed by atoms with Gasteiger partial charge in [0.1, 0.15) is 11.5 Å². The van der Waals surface area contributed by atoms with Gasteiger partial charge in [-0.15, -0.1) is 0 Å². The summed E-state index contributed by atoms with van der Waals surface area (Å²) in [4.78, 5) is 19.8. The largest absolute Gasteiger partial charge is 0.497 e. The molecule has 188 valence electrons. The fourth-order valence-corrected chi connectivity index (χ4v) is 4.46. The first kappa shape index (κ1) is 24.1. The number of aryl methyl sites for hydroxylation is 1. The van der Waals surface area contributed by atoms with E-state index in [1.807, 2.05) is 93.6 Å². The summed E-state index contributed by atoms with van der Waals surface area (Å²) in [6.45, 7) is 6.42. The number of urea groups is 1. The van der Waals surface area contributed by atoms with Crippen molar-refractivity contribution in [3.05, 3.63) is 95.5 Å². The number of hydrogen-bond acceptors (Lipinski definition) is 6. The zero-order chi connectivity index (χ0) is 25.9. The smallest absolute Gasteiger partial charge is 0.326 e. The van der Waals surface area contributed by atoms with Crippen molar-refractivity contribution >= 4 is 17.3 Å². The molecule has 0 bridgehead atoms. The summed E-state index contributed by atoms with van der Waals surface area (Å²) in [5, 5.41) is 7.38. The number of nitrogens with one attached hydrogen (secondary N) is 1. The van der Waals surface area contributed by atoms with Gasteiger partial charge in [-0.3, -0.25) is 4.90 Å². The van der Waals surface area contributed by atoms with Crippen LogP contribution < -0.4 is 19.7 Å². The van der Waals surface area contributed by atoms with Gasteiger partial charge in [0, 0.05) is 11.3 Å². The second-order valence-electron chi connectivity index (χ2n) is 8.71. The molecule has 0 saturated carbocycles. The number of rotatable bonds is 7. The van der Waals surface area contributed by atoms with Gasteiger partial charge in [-0.25, -0.2) is 4.79 Å². The lowest BCUT2D eigenvalue weighted by molar-refractivity contribution is 0.244. The van der Waals surface area contributed by atoms with Crippen molar-refractivity contribution in [1.29, 1.82) is 0 Å². The fraction of sp³-hybridized carbons (Fsp3) is 0.207. The molecule has 37 heavy (non-hydrogen) atoms. The summed E-state index contributed by atoms with van der Waals surface area (Å²) in [5.74, 6) is 2.28. The van der Waals surface area contributed by atoms with E-state index in [1.54, 1.807) is 12.0 Å². The van der Waals surface area contributed by atoms with Crippen LogP contribution >= 0.6 is 0 Å². The molecule has 1 aliphatic rings. The predicted molar refractivity (Wildman–Crippen MR) is 141 cm³/mol. The lowest BCUT2D eigenvalue weighted by atomic mass is 9.94. The summed E-state index contributed by atoms with van der Waals surface area (Å²) >= 11 is 0. The number of nitrogens with zero attached hydrogens (tertiary/aromatic N) is 3. The molecule has 5 rings (SSSR count). The molecule has 1 unspecified atom stereocenters. The highest BCUT2D eigenvalue weighted by Crippen LogP contribution is 2.39. The average Bonchev–Trinajstić information content (AvgIpc) is 3.39. The minimum absolute atomic E-state index is 0.237. The summed E-state index contributed by atoms with van der Waals surface area (Å²) in [6.07, 6.45) is 0. The first-order valence-electron chi connectivity index (χ1n) is 12.1. The quantitative estimate of drug-likeness (QED) is 0.330. The number of hydrogen-bond donors (Lipinski definition) is 1. The Labute approximate surface area is 215 Å². The maximum absolute atomic E-state index is 13.4. The molecule has 1 aliphatic heterocycles. The molecule has 1 N–H and O–H groups in total. The number of amides is 2. The Hall–Kier alpha value is -4.59. The van der Waals surface area contributed by atoms with Crippen LogP contribution in [0.4, 0.5) is 10.5 Å². The molecule has 0 spiro atoms. The highest BCUT2D eigenvalue weighted by atomic mass is 16.5. The van der Waals surface area contributed by atoms with Crippen LogP contribution in [0.5, 0.6) is 11.5 Å². The summed E-state index contributed by atoms with van der Waals surface area (Å²) in [7, 11) is 1.62. The summed E-state index contributed by atoms with van der Waals surface area (Å²) < 4.78 is 16.6. The van der Waals surface area contributed by atoms with Crippen LogP contribution in [0, 0.1) is 6.92 Å². The van der Waals surface area contributed by atoms with Crippen molar-refractivity contribution in [1.82, 2.24) is 15.5 Å². The third-order valence-electron chi connectivity index (χ3n) is 6.27. The third-order valence-corrected chi connectivity index (χ3v) is 6.27. The number of carbonyl (C=O) groups excluding carboxylic acids is 1. The normalized spacial score (nSPS) is 15.5. The molecule has 4 aromatic rings. The van der Waals surface area contributed by atoms with Crippen LogP contribution in [0.3, 0.4) is 0 Å². The van der Waals surface area contributed by atoms with Crippen molar-refractivity contribution in [3.63, 3.8) is 0 Å². The molecule has 2 heterocycles. The summed E-state index contributed by atoms with van der Waals surface area (Å²) in [6, 6.07) is 22.2. The van der Waals surface area contributed by atoms with Gasteiger partial charge in [-0.1, -0.05) is 29.4 Å². The molecule has 0 saturated heterocycles. The van der Waals surface area contributed by atoms with Gasteiger partial charge < -0.3 is 19.3 Å². The van der Waals surface area contributed by atoms with Crippen molar-refractivity contribution in [2.75, 3.05) is 18.6 Å². The number of anilines is 1. The van der Waals surface area contributed by atoms with E-state index in [9.17, 15) is 4.79 Å². The van der Waals surface area contributed by atoms with Gasteiger partial charge >= 0.3 is 6.03 Å². The Balaban J connectivity index is 1.60. The standard InChI is InChI=1S/C29H28N4O4/c1-5-36-24-15-11-21(12-16-24)27-31-28(37-32-27)25-19(3)33(22-8-6-7-18(2)17-22)29(34)30-26(25)20-9-13-23(35-4)14-10-20/h6-17,26H,5H2,1-4H3,(H,30,34). The number of allylic oxidation sites excluding steroid dienone is 1. The Morgan fingerprint density at radius 3 is 2.41 bits per heavy atom. The zero-order valence-corrected chi connectivity index (χ0v) is 21.2. The Kier molecular flexibility index (Phi) is 6.64. The molecule has 3 aromatic carbocycles. The molecule has 1 aromatic heterocycles.